The summed E-state index contributed by atoms with van der Waals surface area (Å²) in [5, 5.41) is 32.0. The molecule has 0 fully saturated rings. The van der Waals surface area contributed by atoms with Crippen molar-refractivity contribution in [1.29, 1.82) is 0 Å². The normalized spacial score (nSPS) is 11.2. The minimum Gasteiger partial charge on any atom is -0.507 e. The van der Waals surface area contributed by atoms with E-state index < -0.39 is 0 Å². The highest BCUT2D eigenvalue weighted by molar-refractivity contribution is 6.03. The second-order valence-electron chi connectivity index (χ2n) is 4.34. The van der Waals surface area contributed by atoms with E-state index in [2.05, 4.69) is 0 Å². The number of phenolic OH excluding ortho intramolecular Hbond substituents is 2. The zero-order valence-electron chi connectivity index (χ0n) is 9.59. The number of aromatic hydroxyl groups is 2. The number of benzene rings is 3. The van der Waals surface area contributed by atoms with E-state index in [0.717, 1.165) is 10.8 Å². The molecule has 3 rings (SSSR count). The van der Waals surface area contributed by atoms with Gasteiger partial charge in [-0.2, -0.15) is 0 Å². The van der Waals surface area contributed by atoms with E-state index in [1.807, 2.05) is 18.2 Å². The average molecular weight is 240 g/mol. The molecule has 0 aliphatic rings. The first-order valence-electron chi connectivity index (χ1n) is 5.67. The van der Waals surface area contributed by atoms with Crippen LogP contribution in [0.15, 0.2) is 42.5 Å². The minimum absolute atomic E-state index is 0.110. The highest BCUT2D eigenvalue weighted by Crippen LogP contribution is 2.33. The Bertz CT molecular complexity index is 747. The van der Waals surface area contributed by atoms with E-state index in [1.165, 1.54) is 6.07 Å². The van der Waals surface area contributed by atoms with E-state index in [4.69, 9.17) is 5.11 Å². The molecule has 0 unspecified atom stereocenters. The molecule has 0 heterocycles. The van der Waals surface area contributed by atoms with Crippen molar-refractivity contribution in [3.63, 3.8) is 0 Å². The highest BCUT2D eigenvalue weighted by atomic mass is 16.3. The average Bonchev–Trinajstić information content (AvgIpc) is 2.37. The predicted octanol–water partition coefficient (Wildman–Crippen LogP) is 2.90. The van der Waals surface area contributed by atoms with Gasteiger partial charge in [-0.1, -0.05) is 12.1 Å². The monoisotopic (exact) mass is 240 g/mol. The third-order valence-corrected chi connectivity index (χ3v) is 3.15. The molecule has 18 heavy (non-hydrogen) atoms. The molecular weight excluding hydrogens is 228 g/mol. The van der Waals surface area contributed by atoms with Crippen LogP contribution in [-0.4, -0.2) is 15.3 Å². The van der Waals surface area contributed by atoms with Gasteiger partial charge in [0.1, 0.15) is 11.5 Å². The van der Waals surface area contributed by atoms with Gasteiger partial charge in [0, 0.05) is 10.8 Å². The van der Waals surface area contributed by atoms with Crippen LogP contribution in [0, 0.1) is 0 Å². The molecule has 0 amide bonds. The van der Waals surface area contributed by atoms with Crippen molar-refractivity contribution in [3.8, 4) is 11.5 Å². The van der Waals surface area contributed by atoms with E-state index in [1.54, 1.807) is 18.2 Å². The van der Waals surface area contributed by atoms with Crippen molar-refractivity contribution in [3.05, 3.63) is 48.0 Å². The van der Waals surface area contributed by atoms with Gasteiger partial charge in [-0.3, -0.25) is 0 Å². The number of rotatable bonds is 1. The van der Waals surface area contributed by atoms with Gasteiger partial charge in [-0.15, -0.1) is 0 Å². The molecule has 3 nitrogen and oxygen atoms in total. The Hall–Kier alpha value is -2.26. The lowest BCUT2D eigenvalue weighted by Gasteiger charge is -2.07. The Labute approximate surface area is 104 Å². The van der Waals surface area contributed by atoms with Crippen molar-refractivity contribution in [2.75, 3.05) is 0 Å². The summed E-state index contributed by atoms with van der Waals surface area (Å²) >= 11 is 0. The van der Waals surface area contributed by atoms with Crippen LogP contribution in [-0.2, 0) is 6.61 Å². The third kappa shape index (κ3) is 1.57. The second kappa shape index (κ2) is 3.89. The van der Waals surface area contributed by atoms with Crippen molar-refractivity contribution in [2.24, 2.45) is 0 Å². The Morgan fingerprint density at radius 1 is 0.778 bits per heavy atom. The van der Waals surface area contributed by atoms with E-state index in [9.17, 15) is 10.2 Å². The summed E-state index contributed by atoms with van der Waals surface area (Å²) in [4.78, 5) is 0. The van der Waals surface area contributed by atoms with Crippen LogP contribution in [0.3, 0.4) is 0 Å². The summed E-state index contributed by atoms with van der Waals surface area (Å²) in [6, 6.07) is 12.3. The number of aliphatic hydroxyl groups excluding tert-OH is 1. The number of hydrogen-bond acceptors (Lipinski definition) is 3. The molecule has 3 aromatic rings. The highest BCUT2D eigenvalue weighted by Gasteiger charge is 2.06. The van der Waals surface area contributed by atoms with Crippen molar-refractivity contribution in [2.45, 2.75) is 6.61 Å². The fraction of sp³-hybridized carbons (Fsp3) is 0.0667. The predicted molar refractivity (Wildman–Crippen MR) is 70.7 cm³/mol. The molecule has 0 atom stereocenters. The van der Waals surface area contributed by atoms with Crippen LogP contribution in [0.25, 0.3) is 21.5 Å². The molecule has 3 heteroatoms. The Morgan fingerprint density at radius 3 is 2.33 bits per heavy atom. The molecule has 3 N–H and O–H groups in total. The second-order valence-corrected chi connectivity index (χ2v) is 4.34. The molecule has 0 saturated heterocycles. The van der Waals surface area contributed by atoms with Crippen LogP contribution in [0.1, 0.15) is 5.56 Å². The lowest BCUT2D eigenvalue weighted by molar-refractivity contribution is 0.281. The lowest BCUT2D eigenvalue weighted by Crippen LogP contribution is -1.85. The summed E-state index contributed by atoms with van der Waals surface area (Å²) in [7, 11) is 0. The molecule has 0 aliphatic heterocycles. The van der Waals surface area contributed by atoms with Crippen LogP contribution in [0.2, 0.25) is 0 Å². The number of hydrogen-bond donors (Lipinski definition) is 3. The summed E-state index contributed by atoms with van der Waals surface area (Å²) < 4.78 is 0. The first-order chi connectivity index (χ1) is 8.69. The maximum absolute atomic E-state index is 9.94. The van der Waals surface area contributed by atoms with Gasteiger partial charge in [-0.05, 0) is 46.7 Å². The zero-order chi connectivity index (χ0) is 12.7. The zero-order valence-corrected chi connectivity index (χ0v) is 9.59. The molecule has 0 spiro atoms. The maximum Gasteiger partial charge on any atom is 0.123 e. The fourth-order valence-corrected chi connectivity index (χ4v) is 2.25. The molecule has 0 aliphatic carbocycles. The summed E-state index contributed by atoms with van der Waals surface area (Å²) in [6.45, 7) is -0.110. The van der Waals surface area contributed by atoms with Crippen molar-refractivity contribution >= 4 is 21.5 Å². The lowest BCUT2D eigenvalue weighted by atomic mass is 10.0. The van der Waals surface area contributed by atoms with Crippen LogP contribution < -0.4 is 0 Å². The Morgan fingerprint density at radius 2 is 1.56 bits per heavy atom. The van der Waals surface area contributed by atoms with E-state index >= 15 is 0 Å². The number of phenols is 2. The first kappa shape index (κ1) is 10.9. The summed E-state index contributed by atoms with van der Waals surface area (Å²) in [5.41, 5.74) is 0.666. The Kier molecular flexibility index (Phi) is 2.35. The van der Waals surface area contributed by atoms with E-state index in [0.29, 0.717) is 16.3 Å². The SMILES string of the molecule is OCc1cc(O)c2cc3c(O)cccc3cc2c1. The molecule has 90 valence electrons. The van der Waals surface area contributed by atoms with Gasteiger partial charge >= 0.3 is 0 Å². The minimum atomic E-state index is -0.110. The summed E-state index contributed by atoms with van der Waals surface area (Å²) in [5.74, 6) is 0.307. The largest absolute Gasteiger partial charge is 0.507 e. The maximum atomic E-state index is 9.94. The standard InChI is InChI=1S/C15H12O3/c16-8-9-4-11-6-10-2-1-3-14(17)12(10)7-13(11)15(18)5-9/h1-7,16-18H,8H2. The van der Waals surface area contributed by atoms with Crippen LogP contribution in [0.5, 0.6) is 11.5 Å². The smallest absolute Gasteiger partial charge is 0.123 e. The Balaban J connectivity index is 2.45. The number of fused-ring (bicyclic) bond motifs is 2. The van der Waals surface area contributed by atoms with Crippen LogP contribution in [0.4, 0.5) is 0 Å². The molecule has 0 aromatic heterocycles. The van der Waals surface area contributed by atoms with Gasteiger partial charge < -0.3 is 15.3 Å². The van der Waals surface area contributed by atoms with E-state index in [-0.39, 0.29) is 18.1 Å². The van der Waals surface area contributed by atoms with Crippen LogP contribution >= 0.6 is 0 Å². The molecule has 0 radical (unpaired) electrons. The molecule has 0 saturated carbocycles. The van der Waals surface area contributed by atoms with Gasteiger partial charge in [0.15, 0.2) is 0 Å². The first-order valence-corrected chi connectivity index (χ1v) is 5.67. The summed E-state index contributed by atoms with van der Waals surface area (Å²) in [6.07, 6.45) is 0. The van der Waals surface area contributed by atoms with Gasteiger partial charge in [-0.25, -0.2) is 0 Å². The molecular formula is C15H12O3. The number of aliphatic hydroxyl groups is 1. The quantitative estimate of drug-likeness (QED) is 0.573. The van der Waals surface area contributed by atoms with Gasteiger partial charge in [0.05, 0.1) is 6.61 Å². The molecule has 3 aromatic carbocycles. The van der Waals surface area contributed by atoms with Crippen molar-refractivity contribution in [1.82, 2.24) is 0 Å². The van der Waals surface area contributed by atoms with Gasteiger partial charge in [0.2, 0.25) is 0 Å². The topological polar surface area (TPSA) is 60.7 Å². The third-order valence-electron chi connectivity index (χ3n) is 3.15. The fourth-order valence-electron chi connectivity index (χ4n) is 2.25. The van der Waals surface area contributed by atoms with Crippen molar-refractivity contribution < 1.29 is 15.3 Å². The van der Waals surface area contributed by atoms with Gasteiger partial charge in [0.25, 0.3) is 0 Å². The molecule has 0 bridgehead atoms.